The third-order valence-corrected chi connectivity index (χ3v) is 7.24. The van der Waals surface area contributed by atoms with Gasteiger partial charge in [0.1, 0.15) is 18.0 Å². The fourth-order valence-electron chi connectivity index (χ4n) is 4.72. The van der Waals surface area contributed by atoms with E-state index < -0.39 is 30.3 Å². The number of rotatable bonds is 11. The first-order chi connectivity index (χ1) is 22.8. The van der Waals surface area contributed by atoms with E-state index in [0.29, 0.717) is 27.2 Å². The number of alkyl halides is 5. The molecule has 48 heavy (non-hydrogen) atoms. The van der Waals surface area contributed by atoms with Crippen molar-refractivity contribution in [3.05, 3.63) is 117 Å². The fourth-order valence-corrected chi connectivity index (χ4v) is 4.93. The summed E-state index contributed by atoms with van der Waals surface area (Å²) in [4.78, 5) is 28.0. The molecule has 17 heteroatoms. The first kappa shape index (κ1) is 33.7. The molecule has 5 aromatic rings. The molecule has 0 aliphatic rings. The maximum atomic E-state index is 13.9. The molecule has 2 aromatic heterocycles. The van der Waals surface area contributed by atoms with Crippen molar-refractivity contribution in [3.8, 4) is 17.5 Å². The van der Waals surface area contributed by atoms with Gasteiger partial charge in [0.2, 0.25) is 0 Å². The van der Waals surface area contributed by atoms with Crippen molar-refractivity contribution in [2.75, 3.05) is 0 Å². The molecule has 0 unspecified atom stereocenters. The van der Waals surface area contributed by atoms with Gasteiger partial charge in [-0.2, -0.15) is 37.1 Å². The molecule has 3 aromatic carbocycles. The molecule has 0 aliphatic carbocycles. The molecule has 0 aliphatic heterocycles. The second-order valence-corrected chi connectivity index (χ2v) is 10.7. The maximum absolute atomic E-state index is 13.9. The van der Waals surface area contributed by atoms with Crippen LogP contribution < -0.4 is 10.1 Å². The molecular weight excluding hydrogens is 663 g/mol. The van der Waals surface area contributed by atoms with Crippen LogP contribution in [0.4, 0.5) is 22.0 Å². The monoisotopic (exact) mass is 684 g/mol. The lowest BCUT2D eigenvalue weighted by molar-refractivity contribution is -0.145. The smallest absolute Gasteiger partial charge is 0.435 e. The molecule has 0 spiro atoms. The second kappa shape index (κ2) is 14.0. The van der Waals surface area contributed by atoms with Crippen molar-refractivity contribution in [3.63, 3.8) is 0 Å². The SMILES string of the molecule is Cc1cc(C#N)cc(C(=O)NCc2ccc(OC(F)F)cc2)c1CC(=O)c1cc(Cn2nnc(C(F)(F)F)n2)nn1-c1ccccc1Cl. The Bertz CT molecular complexity index is 2020. The van der Waals surface area contributed by atoms with Gasteiger partial charge in [-0.3, -0.25) is 9.59 Å². The van der Waals surface area contributed by atoms with Gasteiger partial charge in [0.05, 0.1) is 28.0 Å². The van der Waals surface area contributed by atoms with Gasteiger partial charge in [-0.05, 0) is 71.3 Å². The molecule has 0 saturated carbocycles. The molecule has 1 N–H and O–H groups in total. The molecule has 5 rings (SSSR count). The van der Waals surface area contributed by atoms with E-state index in [1.807, 2.05) is 6.07 Å². The summed E-state index contributed by atoms with van der Waals surface area (Å²) >= 11 is 6.40. The van der Waals surface area contributed by atoms with Crippen LogP contribution in [-0.4, -0.2) is 48.3 Å². The first-order valence-electron chi connectivity index (χ1n) is 13.9. The quantitative estimate of drug-likeness (QED) is 0.138. The lowest BCUT2D eigenvalue weighted by Gasteiger charge is -2.14. The number of amides is 1. The molecule has 0 bridgehead atoms. The van der Waals surface area contributed by atoms with Crippen LogP contribution in [0, 0.1) is 18.3 Å². The minimum atomic E-state index is -4.81. The Hall–Kier alpha value is -5.69. The lowest BCUT2D eigenvalue weighted by Crippen LogP contribution is -2.25. The molecule has 0 saturated heterocycles. The third kappa shape index (κ3) is 7.81. The number of tetrazole rings is 1. The zero-order chi connectivity index (χ0) is 34.6. The topological polar surface area (TPSA) is 141 Å². The van der Waals surface area contributed by atoms with E-state index in [0.717, 1.165) is 0 Å². The van der Waals surface area contributed by atoms with Crippen molar-refractivity contribution >= 4 is 23.3 Å². The van der Waals surface area contributed by atoms with E-state index in [9.17, 15) is 36.8 Å². The number of aromatic nitrogens is 6. The zero-order valence-corrected chi connectivity index (χ0v) is 25.4. The predicted octanol–water partition coefficient (Wildman–Crippen LogP) is 5.72. The molecule has 0 radical (unpaired) electrons. The molecular formula is C31H22ClF5N8O3. The van der Waals surface area contributed by atoms with Crippen molar-refractivity contribution in [1.82, 2.24) is 35.3 Å². The van der Waals surface area contributed by atoms with E-state index in [1.165, 1.54) is 47.1 Å². The summed E-state index contributed by atoms with van der Waals surface area (Å²) in [6, 6.07) is 18.3. The zero-order valence-electron chi connectivity index (χ0n) is 24.7. The second-order valence-electron chi connectivity index (χ2n) is 10.3. The Balaban J connectivity index is 1.44. The van der Waals surface area contributed by atoms with Crippen molar-refractivity contribution in [1.29, 1.82) is 5.26 Å². The van der Waals surface area contributed by atoms with E-state index in [2.05, 4.69) is 30.6 Å². The Labute approximate surface area is 273 Å². The van der Waals surface area contributed by atoms with Crippen LogP contribution >= 0.6 is 11.6 Å². The highest BCUT2D eigenvalue weighted by atomic mass is 35.5. The van der Waals surface area contributed by atoms with Gasteiger partial charge in [-0.15, -0.1) is 10.2 Å². The number of benzene rings is 3. The van der Waals surface area contributed by atoms with Crippen LogP contribution in [0.3, 0.4) is 0 Å². The Morgan fingerprint density at radius 1 is 1.06 bits per heavy atom. The van der Waals surface area contributed by atoms with Crippen LogP contribution in [-0.2, 0) is 25.7 Å². The standard InChI is InChI=1S/C31H22ClF5N8O3/c1-17-10-19(14-38)11-23(28(47)39-15-18-6-8-21(9-7-18)48-30(33)34)22(17)13-27(46)26-12-20(16-44-42-29(40-43-44)31(35,36)37)41-45(26)25-5-3-2-4-24(25)32/h2-12,30H,13,15-16H2,1H3,(H,39,47). The minimum Gasteiger partial charge on any atom is -0.435 e. The summed E-state index contributed by atoms with van der Waals surface area (Å²) in [6.07, 6.45) is -5.15. The summed E-state index contributed by atoms with van der Waals surface area (Å²) in [7, 11) is 0. The number of nitrogens with zero attached hydrogens (tertiary/aromatic N) is 7. The normalized spacial score (nSPS) is 11.4. The number of carbonyl (C=O) groups is 2. The first-order valence-corrected chi connectivity index (χ1v) is 14.3. The van der Waals surface area contributed by atoms with Gasteiger partial charge in [-0.25, -0.2) is 4.68 Å². The van der Waals surface area contributed by atoms with E-state index in [-0.39, 0.29) is 52.8 Å². The van der Waals surface area contributed by atoms with E-state index in [1.54, 1.807) is 31.2 Å². The number of nitrogens with one attached hydrogen (secondary N) is 1. The van der Waals surface area contributed by atoms with Crippen LogP contribution in [0.25, 0.3) is 5.69 Å². The van der Waals surface area contributed by atoms with Crippen LogP contribution in [0.2, 0.25) is 5.02 Å². The van der Waals surface area contributed by atoms with Gasteiger partial charge in [-0.1, -0.05) is 35.9 Å². The van der Waals surface area contributed by atoms with Gasteiger partial charge in [0.15, 0.2) is 5.78 Å². The lowest BCUT2D eigenvalue weighted by atomic mass is 9.93. The van der Waals surface area contributed by atoms with E-state index in [4.69, 9.17) is 11.6 Å². The number of hydrogen-bond donors (Lipinski definition) is 1. The number of Topliss-reactive ketones (excluding diaryl/α,β-unsaturated/α-hetero) is 1. The summed E-state index contributed by atoms with van der Waals surface area (Å²) in [6.45, 7) is -1.72. The molecule has 246 valence electrons. The van der Waals surface area contributed by atoms with E-state index >= 15 is 0 Å². The van der Waals surface area contributed by atoms with Gasteiger partial charge in [0, 0.05) is 18.5 Å². The number of nitriles is 1. The largest absolute Gasteiger partial charge is 0.455 e. The summed E-state index contributed by atoms with van der Waals surface area (Å²) in [5, 5.41) is 26.7. The molecule has 1 amide bonds. The number of aryl methyl sites for hydroxylation is 1. The number of hydrogen-bond acceptors (Lipinski definition) is 8. The highest BCUT2D eigenvalue weighted by Crippen LogP contribution is 2.27. The van der Waals surface area contributed by atoms with Crippen molar-refractivity contribution in [2.24, 2.45) is 0 Å². The van der Waals surface area contributed by atoms with Crippen LogP contribution in [0.5, 0.6) is 5.75 Å². The number of carbonyl (C=O) groups excluding carboxylic acids is 2. The fraction of sp³-hybridized carbons (Fsp3) is 0.194. The van der Waals surface area contributed by atoms with Gasteiger partial charge >= 0.3 is 12.8 Å². The highest BCUT2D eigenvalue weighted by molar-refractivity contribution is 6.32. The van der Waals surface area contributed by atoms with Gasteiger partial charge in [0.25, 0.3) is 11.7 Å². The van der Waals surface area contributed by atoms with Gasteiger partial charge < -0.3 is 10.1 Å². The predicted molar refractivity (Wildman–Crippen MR) is 159 cm³/mol. The maximum Gasteiger partial charge on any atom is 0.455 e. The van der Waals surface area contributed by atoms with Crippen molar-refractivity contribution in [2.45, 2.75) is 39.2 Å². The molecule has 11 nitrogen and oxygen atoms in total. The Kier molecular flexibility index (Phi) is 9.80. The number of halogens is 6. The van der Waals surface area contributed by atoms with Crippen molar-refractivity contribution < 1.29 is 36.3 Å². The Morgan fingerprint density at radius 2 is 1.79 bits per heavy atom. The summed E-state index contributed by atoms with van der Waals surface area (Å²) in [5.41, 5.74) is 1.97. The number of ether oxygens (including phenoxy) is 1. The number of ketones is 1. The van der Waals surface area contributed by atoms with Crippen LogP contribution in [0.1, 0.15) is 54.6 Å². The molecule has 0 atom stereocenters. The summed E-state index contributed by atoms with van der Waals surface area (Å²) < 4.78 is 69.5. The molecule has 0 fully saturated rings. The average Bonchev–Trinajstić information content (AvgIpc) is 3.69. The van der Waals surface area contributed by atoms with Crippen LogP contribution in [0.15, 0.2) is 66.7 Å². The molecule has 2 heterocycles. The third-order valence-electron chi connectivity index (χ3n) is 6.92. The Morgan fingerprint density at radius 3 is 2.44 bits per heavy atom. The highest BCUT2D eigenvalue weighted by Gasteiger charge is 2.37. The average molecular weight is 685 g/mol. The number of para-hydroxylation sites is 1. The summed E-state index contributed by atoms with van der Waals surface area (Å²) in [5.74, 6) is -2.64. The minimum absolute atomic E-state index is 0.00418.